The highest BCUT2D eigenvalue weighted by atomic mass is 32.1. The van der Waals surface area contributed by atoms with Crippen molar-refractivity contribution in [1.29, 1.82) is 0 Å². The number of hydrogen-bond acceptors (Lipinski definition) is 2. The average molecular weight is 249 g/mol. The lowest BCUT2D eigenvalue weighted by Crippen LogP contribution is -2.28. The smallest absolute Gasteiger partial charge is 0.221 e. The van der Waals surface area contributed by atoms with Crippen LogP contribution >= 0.6 is 12.2 Å². The lowest BCUT2D eigenvalue weighted by molar-refractivity contribution is -0.114. The van der Waals surface area contributed by atoms with E-state index in [-0.39, 0.29) is 5.91 Å². The number of rotatable bonds is 4. The minimum absolute atomic E-state index is 0.0890. The molecule has 0 fully saturated rings. The van der Waals surface area contributed by atoms with Crippen molar-refractivity contribution in [3.05, 3.63) is 36.9 Å². The van der Waals surface area contributed by atoms with Crippen molar-refractivity contribution in [2.45, 2.75) is 6.92 Å². The lowest BCUT2D eigenvalue weighted by atomic mass is 10.3. The summed E-state index contributed by atoms with van der Waals surface area (Å²) in [7, 11) is 0. The van der Waals surface area contributed by atoms with E-state index in [0.29, 0.717) is 11.7 Å². The molecule has 0 radical (unpaired) electrons. The summed E-state index contributed by atoms with van der Waals surface area (Å²) < 4.78 is 0. The number of amides is 1. The Kier molecular flexibility index (Phi) is 5.16. The number of carbonyl (C=O) groups is 1. The van der Waals surface area contributed by atoms with Crippen LogP contribution in [0.3, 0.4) is 0 Å². The maximum absolute atomic E-state index is 10.8. The number of carbonyl (C=O) groups excluding carboxylic acids is 1. The van der Waals surface area contributed by atoms with Gasteiger partial charge in [-0.25, -0.2) is 0 Å². The molecule has 0 heterocycles. The normalized spacial score (nSPS) is 9.24. The second-order valence-electron chi connectivity index (χ2n) is 3.38. The number of anilines is 2. The molecule has 0 spiro atoms. The monoisotopic (exact) mass is 249 g/mol. The Morgan fingerprint density at radius 1 is 1.29 bits per heavy atom. The van der Waals surface area contributed by atoms with Gasteiger partial charge in [0.05, 0.1) is 0 Å². The van der Waals surface area contributed by atoms with Crippen LogP contribution in [0.5, 0.6) is 0 Å². The highest BCUT2D eigenvalue weighted by molar-refractivity contribution is 7.80. The predicted molar refractivity (Wildman–Crippen MR) is 75.2 cm³/mol. The summed E-state index contributed by atoms with van der Waals surface area (Å²) in [6.45, 7) is 5.68. The van der Waals surface area contributed by atoms with Crippen LogP contribution in [0, 0.1) is 0 Å². The summed E-state index contributed by atoms with van der Waals surface area (Å²) >= 11 is 5.06. The van der Waals surface area contributed by atoms with Gasteiger partial charge in [0.2, 0.25) is 5.91 Å². The van der Waals surface area contributed by atoms with E-state index in [9.17, 15) is 4.79 Å². The van der Waals surface area contributed by atoms with E-state index in [1.807, 2.05) is 12.1 Å². The summed E-state index contributed by atoms with van der Waals surface area (Å²) in [5, 5.41) is 9.21. The molecule has 1 aromatic carbocycles. The molecule has 0 unspecified atom stereocenters. The molecule has 0 aliphatic rings. The van der Waals surface area contributed by atoms with E-state index in [1.54, 1.807) is 18.2 Å². The Hall–Kier alpha value is -1.88. The molecule has 90 valence electrons. The summed E-state index contributed by atoms with van der Waals surface area (Å²) in [6.07, 6.45) is 1.73. The van der Waals surface area contributed by atoms with Crippen molar-refractivity contribution < 1.29 is 4.79 Å². The third kappa shape index (κ3) is 5.12. The van der Waals surface area contributed by atoms with Gasteiger partial charge in [0, 0.05) is 24.8 Å². The van der Waals surface area contributed by atoms with Crippen LogP contribution in [-0.2, 0) is 4.79 Å². The number of benzene rings is 1. The Balaban J connectivity index is 2.53. The molecule has 0 atom stereocenters. The fraction of sp³-hybridized carbons (Fsp3) is 0.167. The molecule has 0 aliphatic heterocycles. The highest BCUT2D eigenvalue weighted by Gasteiger charge is 1.98. The van der Waals surface area contributed by atoms with Crippen LogP contribution in [0.2, 0.25) is 0 Å². The minimum Gasteiger partial charge on any atom is -0.359 e. The Morgan fingerprint density at radius 3 is 2.29 bits per heavy atom. The highest BCUT2D eigenvalue weighted by Crippen LogP contribution is 2.13. The van der Waals surface area contributed by atoms with Crippen LogP contribution in [-0.4, -0.2) is 17.6 Å². The molecule has 0 aromatic heterocycles. The van der Waals surface area contributed by atoms with Crippen LogP contribution in [0.25, 0.3) is 0 Å². The van der Waals surface area contributed by atoms with Crippen molar-refractivity contribution in [3.63, 3.8) is 0 Å². The molecule has 1 aromatic rings. The summed E-state index contributed by atoms with van der Waals surface area (Å²) in [6, 6.07) is 7.29. The maximum atomic E-state index is 10.8. The van der Waals surface area contributed by atoms with Crippen molar-refractivity contribution >= 4 is 34.6 Å². The van der Waals surface area contributed by atoms with Gasteiger partial charge in [-0.05, 0) is 36.5 Å². The van der Waals surface area contributed by atoms with Crippen LogP contribution in [0.15, 0.2) is 36.9 Å². The molecule has 1 rings (SSSR count). The Bertz CT molecular complexity index is 414. The van der Waals surface area contributed by atoms with Gasteiger partial charge in [-0.1, -0.05) is 6.08 Å². The fourth-order valence-electron chi connectivity index (χ4n) is 1.18. The molecule has 0 saturated heterocycles. The molecule has 3 N–H and O–H groups in total. The van der Waals surface area contributed by atoms with Gasteiger partial charge < -0.3 is 16.0 Å². The Labute approximate surface area is 106 Å². The molecule has 4 nitrogen and oxygen atoms in total. The molecular weight excluding hydrogens is 234 g/mol. The topological polar surface area (TPSA) is 53.2 Å². The zero-order chi connectivity index (χ0) is 12.7. The standard InChI is InChI=1S/C12H15N3OS/c1-3-8-13-12(17)15-11-6-4-10(5-7-11)14-9(2)16/h3-7H,1,8H2,2H3,(H,14,16)(H2,13,15,17). The average Bonchev–Trinajstić information content (AvgIpc) is 2.28. The van der Waals surface area contributed by atoms with E-state index >= 15 is 0 Å². The first-order valence-electron chi connectivity index (χ1n) is 5.15. The maximum Gasteiger partial charge on any atom is 0.221 e. The van der Waals surface area contributed by atoms with Gasteiger partial charge in [-0.15, -0.1) is 6.58 Å². The first-order valence-corrected chi connectivity index (χ1v) is 5.56. The van der Waals surface area contributed by atoms with Crippen molar-refractivity contribution in [2.24, 2.45) is 0 Å². The summed E-state index contributed by atoms with van der Waals surface area (Å²) in [5.74, 6) is -0.0890. The minimum atomic E-state index is -0.0890. The van der Waals surface area contributed by atoms with Gasteiger partial charge in [0.15, 0.2) is 5.11 Å². The third-order valence-electron chi connectivity index (χ3n) is 1.87. The second-order valence-corrected chi connectivity index (χ2v) is 3.79. The van der Waals surface area contributed by atoms with Gasteiger partial charge in [0.25, 0.3) is 0 Å². The van der Waals surface area contributed by atoms with Gasteiger partial charge in [-0.3, -0.25) is 4.79 Å². The van der Waals surface area contributed by atoms with E-state index in [1.165, 1.54) is 6.92 Å². The van der Waals surface area contributed by atoms with Crippen LogP contribution < -0.4 is 16.0 Å². The van der Waals surface area contributed by atoms with Gasteiger partial charge in [-0.2, -0.15) is 0 Å². The van der Waals surface area contributed by atoms with Crippen molar-refractivity contribution in [1.82, 2.24) is 5.32 Å². The first kappa shape index (κ1) is 13.2. The number of hydrogen-bond donors (Lipinski definition) is 3. The van der Waals surface area contributed by atoms with Crippen LogP contribution in [0.1, 0.15) is 6.92 Å². The van der Waals surface area contributed by atoms with Crippen molar-refractivity contribution in [2.75, 3.05) is 17.2 Å². The molecule has 0 aliphatic carbocycles. The molecule has 1 amide bonds. The fourth-order valence-corrected chi connectivity index (χ4v) is 1.38. The van der Waals surface area contributed by atoms with E-state index in [2.05, 4.69) is 22.5 Å². The number of nitrogens with one attached hydrogen (secondary N) is 3. The summed E-state index contributed by atoms with van der Waals surface area (Å²) in [5.41, 5.74) is 1.62. The molecule has 0 bridgehead atoms. The second kappa shape index (κ2) is 6.65. The van der Waals surface area contributed by atoms with Gasteiger partial charge in [0.1, 0.15) is 0 Å². The van der Waals surface area contributed by atoms with Gasteiger partial charge >= 0.3 is 0 Å². The molecular formula is C12H15N3OS. The largest absolute Gasteiger partial charge is 0.359 e. The van der Waals surface area contributed by atoms with E-state index in [0.717, 1.165) is 11.4 Å². The molecule has 5 heteroatoms. The van der Waals surface area contributed by atoms with E-state index in [4.69, 9.17) is 12.2 Å². The first-order chi connectivity index (χ1) is 8.11. The zero-order valence-electron chi connectivity index (χ0n) is 9.62. The van der Waals surface area contributed by atoms with Crippen molar-refractivity contribution in [3.8, 4) is 0 Å². The number of thiocarbonyl (C=S) groups is 1. The SMILES string of the molecule is C=CCNC(=S)Nc1ccc(NC(C)=O)cc1. The third-order valence-corrected chi connectivity index (χ3v) is 2.12. The predicted octanol–water partition coefficient (Wildman–Crippen LogP) is 2.12. The van der Waals surface area contributed by atoms with E-state index < -0.39 is 0 Å². The molecule has 0 saturated carbocycles. The quantitative estimate of drug-likeness (QED) is 0.565. The summed E-state index contributed by atoms with van der Waals surface area (Å²) in [4.78, 5) is 10.8. The van der Waals surface area contributed by atoms with Crippen LogP contribution in [0.4, 0.5) is 11.4 Å². The molecule has 17 heavy (non-hydrogen) atoms. The lowest BCUT2D eigenvalue weighted by Gasteiger charge is -2.09. The Morgan fingerprint density at radius 2 is 1.82 bits per heavy atom. The zero-order valence-corrected chi connectivity index (χ0v) is 10.4.